The molecule has 0 unspecified atom stereocenters. The third kappa shape index (κ3) is 3.89. The van der Waals surface area contributed by atoms with Gasteiger partial charge in [-0.2, -0.15) is 0 Å². The standard InChI is InChI=1S/C18H19BrO3/c1-11-6-5-7-16(14(11)4)22-17(20)10-21-18-12(2)8-15(19)9-13(18)3/h5-9H,10H2,1-4H3. The highest BCUT2D eigenvalue weighted by Gasteiger charge is 2.12. The van der Waals surface area contributed by atoms with E-state index in [1.165, 1.54) is 0 Å². The zero-order valence-corrected chi connectivity index (χ0v) is 14.8. The van der Waals surface area contributed by atoms with Gasteiger partial charge in [-0.05, 0) is 68.1 Å². The molecule has 22 heavy (non-hydrogen) atoms. The zero-order valence-electron chi connectivity index (χ0n) is 13.2. The van der Waals surface area contributed by atoms with Crippen LogP contribution in [0.3, 0.4) is 0 Å². The van der Waals surface area contributed by atoms with Gasteiger partial charge in [0.15, 0.2) is 6.61 Å². The molecule has 0 amide bonds. The van der Waals surface area contributed by atoms with Gasteiger partial charge >= 0.3 is 5.97 Å². The van der Waals surface area contributed by atoms with Gasteiger partial charge in [0.1, 0.15) is 11.5 Å². The van der Waals surface area contributed by atoms with E-state index in [0.717, 1.165) is 32.5 Å². The minimum atomic E-state index is -0.407. The Morgan fingerprint density at radius 3 is 2.32 bits per heavy atom. The van der Waals surface area contributed by atoms with Crippen LogP contribution in [0, 0.1) is 27.7 Å². The minimum absolute atomic E-state index is 0.114. The number of esters is 1. The highest BCUT2D eigenvalue weighted by atomic mass is 79.9. The van der Waals surface area contributed by atoms with Gasteiger partial charge in [-0.25, -0.2) is 4.79 Å². The number of carbonyl (C=O) groups is 1. The van der Waals surface area contributed by atoms with E-state index in [2.05, 4.69) is 15.9 Å². The summed E-state index contributed by atoms with van der Waals surface area (Å²) in [5.41, 5.74) is 4.01. The molecule has 2 aromatic rings. The summed E-state index contributed by atoms with van der Waals surface area (Å²) in [6.07, 6.45) is 0. The van der Waals surface area contributed by atoms with Crippen LogP contribution in [0.5, 0.6) is 11.5 Å². The van der Waals surface area contributed by atoms with Crippen molar-refractivity contribution in [2.24, 2.45) is 0 Å². The Morgan fingerprint density at radius 1 is 1.05 bits per heavy atom. The van der Waals surface area contributed by atoms with E-state index in [9.17, 15) is 4.79 Å². The van der Waals surface area contributed by atoms with Gasteiger partial charge in [-0.1, -0.05) is 28.1 Å². The van der Waals surface area contributed by atoms with E-state index in [0.29, 0.717) is 5.75 Å². The molecule has 3 nitrogen and oxygen atoms in total. The van der Waals surface area contributed by atoms with Crippen LogP contribution in [-0.4, -0.2) is 12.6 Å². The highest BCUT2D eigenvalue weighted by molar-refractivity contribution is 9.10. The average molecular weight is 363 g/mol. The molecular formula is C18H19BrO3. The maximum atomic E-state index is 12.0. The number of halogens is 1. The van der Waals surface area contributed by atoms with Crippen molar-refractivity contribution < 1.29 is 14.3 Å². The Balaban J connectivity index is 2.03. The van der Waals surface area contributed by atoms with Crippen molar-refractivity contribution in [3.63, 3.8) is 0 Å². The molecule has 0 saturated carbocycles. The first-order valence-corrected chi connectivity index (χ1v) is 7.84. The molecule has 0 saturated heterocycles. The molecule has 0 aliphatic rings. The molecule has 0 N–H and O–H groups in total. The number of aryl methyl sites for hydroxylation is 3. The van der Waals surface area contributed by atoms with Gasteiger partial charge in [0.25, 0.3) is 0 Å². The summed E-state index contributed by atoms with van der Waals surface area (Å²) in [6, 6.07) is 9.56. The van der Waals surface area contributed by atoms with E-state index in [4.69, 9.17) is 9.47 Å². The maximum Gasteiger partial charge on any atom is 0.349 e. The Hall–Kier alpha value is -1.81. The van der Waals surface area contributed by atoms with Crippen LogP contribution < -0.4 is 9.47 Å². The normalized spacial score (nSPS) is 10.4. The van der Waals surface area contributed by atoms with Gasteiger partial charge < -0.3 is 9.47 Å². The predicted molar refractivity (Wildman–Crippen MR) is 90.7 cm³/mol. The molecule has 0 atom stereocenters. The third-order valence-corrected chi connectivity index (χ3v) is 4.00. The lowest BCUT2D eigenvalue weighted by molar-refractivity contribution is -0.136. The maximum absolute atomic E-state index is 12.0. The summed E-state index contributed by atoms with van der Waals surface area (Å²) in [6.45, 7) is 7.70. The molecule has 0 aromatic heterocycles. The molecule has 116 valence electrons. The van der Waals surface area contributed by atoms with Crippen molar-refractivity contribution in [2.75, 3.05) is 6.61 Å². The smallest absolute Gasteiger partial charge is 0.349 e. The lowest BCUT2D eigenvalue weighted by Crippen LogP contribution is -2.19. The molecule has 0 bridgehead atoms. The van der Waals surface area contributed by atoms with E-state index >= 15 is 0 Å². The Morgan fingerprint density at radius 2 is 1.68 bits per heavy atom. The fourth-order valence-electron chi connectivity index (χ4n) is 2.24. The second-order valence-corrected chi connectivity index (χ2v) is 6.25. The van der Waals surface area contributed by atoms with E-state index in [1.54, 1.807) is 6.07 Å². The van der Waals surface area contributed by atoms with Crippen molar-refractivity contribution in [2.45, 2.75) is 27.7 Å². The predicted octanol–water partition coefficient (Wildman–Crippen LogP) is 4.67. The largest absolute Gasteiger partial charge is 0.481 e. The first kappa shape index (κ1) is 16.6. The average Bonchev–Trinajstić information content (AvgIpc) is 2.42. The Bertz CT molecular complexity index is 684. The fraction of sp³-hybridized carbons (Fsp3) is 0.278. The topological polar surface area (TPSA) is 35.5 Å². The van der Waals surface area contributed by atoms with Gasteiger partial charge in [-0.3, -0.25) is 0 Å². The van der Waals surface area contributed by atoms with Crippen molar-refractivity contribution in [1.82, 2.24) is 0 Å². The van der Waals surface area contributed by atoms with Gasteiger partial charge in [0, 0.05) is 4.47 Å². The molecule has 2 aromatic carbocycles. The van der Waals surface area contributed by atoms with Crippen molar-refractivity contribution in [3.8, 4) is 11.5 Å². The number of hydrogen-bond donors (Lipinski definition) is 0. The molecule has 4 heteroatoms. The van der Waals surface area contributed by atoms with Crippen molar-refractivity contribution in [1.29, 1.82) is 0 Å². The van der Waals surface area contributed by atoms with Crippen molar-refractivity contribution in [3.05, 3.63) is 57.1 Å². The highest BCUT2D eigenvalue weighted by Crippen LogP contribution is 2.27. The molecule has 2 rings (SSSR count). The first-order valence-electron chi connectivity index (χ1n) is 7.05. The zero-order chi connectivity index (χ0) is 16.3. The van der Waals surface area contributed by atoms with Crippen LogP contribution in [0.15, 0.2) is 34.8 Å². The fourth-order valence-corrected chi connectivity index (χ4v) is 2.93. The number of ether oxygens (including phenoxy) is 2. The summed E-state index contributed by atoms with van der Waals surface area (Å²) in [4.78, 5) is 12.0. The Kier molecular flexibility index (Phi) is 5.24. The second kappa shape index (κ2) is 6.97. The van der Waals surface area contributed by atoms with E-state index < -0.39 is 5.97 Å². The quantitative estimate of drug-likeness (QED) is 0.585. The second-order valence-electron chi connectivity index (χ2n) is 5.33. The lowest BCUT2D eigenvalue weighted by Gasteiger charge is -2.13. The molecule has 0 radical (unpaired) electrons. The van der Waals surface area contributed by atoms with Crippen LogP contribution in [0.2, 0.25) is 0 Å². The van der Waals surface area contributed by atoms with Gasteiger partial charge in [0.05, 0.1) is 0 Å². The summed E-state index contributed by atoms with van der Waals surface area (Å²) in [7, 11) is 0. The summed E-state index contributed by atoms with van der Waals surface area (Å²) >= 11 is 3.44. The van der Waals surface area contributed by atoms with Crippen LogP contribution in [-0.2, 0) is 4.79 Å². The summed E-state index contributed by atoms with van der Waals surface area (Å²) in [5.74, 6) is 0.898. The number of hydrogen-bond acceptors (Lipinski definition) is 3. The third-order valence-electron chi connectivity index (χ3n) is 3.54. The van der Waals surface area contributed by atoms with Gasteiger partial charge in [-0.15, -0.1) is 0 Å². The molecule has 0 aliphatic heterocycles. The van der Waals surface area contributed by atoms with Gasteiger partial charge in [0.2, 0.25) is 0 Å². The number of benzene rings is 2. The Labute approximate surface area is 139 Å². The van der Waals surface area contributed by atoms with E-state index in [-0.39, 0.29) is 6.61 Å². The molecular weight excluding hydrogens is 344 g/mol. The van der Waals surface area contributed by atoms with Crippen LogP contribution in [0.25, 0.3) is 0 Å². The minimum Gasteiger partial charge on any atom is -0.481 e. The van der Waals surface area contributed by atoms with Crippen molar-refractivity contribution >= 4 is 21.9 Å². The van der Waals surface area contributed by atoms with E-state index in [1.807, 2.05) is 52.0 Å². The molecule has 0 aliphatic carbocycles. The SMILES string of the molecule is Cc1cccc(OC(=O)COc2c(C)cc(Br)cc2C)c1C. The van der Waals surface area contributed by atoms with Crippen LogP contribution in [0.1, 0.15) is 22.3 Å². The summed E-state index contributed by atoms with van der Waals surface area (Å²) in [5, 5.41) is 0. The summed E-state index contributed by atoms with van der Waals surface area (Å²) < 4.78 is 12.0. The molecule has 0 heterocycles. The number of carbonyl (C=O) groups excluding carboxylic acids is 1. The molecule has 0 spiro atoms. The monoisotopic (exact) mass is 362 g/mol. The number of rotatable bonds is 4. The van der Waals surface area contributed by atoms with Crippen LogP contribution >= 0.6 is 15.9 Å². The van der Waals surface area contributed by atoms with Crippen LogP contribution in [0.4, 0.5) is 0 Å². The molecule has 0 fully saturated rings. The first-order chi connectivity index (χ1) is 10.4. The lowest BCUT2D eigenvalue weighted by atomic mass is 10.1.